The Balaban J connectivity index is 1.41. The molecule has 0 spiro atoms. The Morgan fingerprint density at radius 3 is 2.79 bits per heavy atom. The van der Waals surface area contributed by atoms with Crippen LogP contribution in [0.4, 0.5) is 5.69 Å². The van der Waals surface area contributed by atoms with Crippen LogP contribution in [0.1, 0.15) is 29.0 Å². The lowest BCUT2D eigenvalue weighted by atomic mass is 10.1. The summed E-state index contributed by atoms with van der Waals surface area (Å²) in [6.07, 6.45) is 3.10. The van der Waals surface area contributed by atoms with E-state index >= 15 is 0 Å². The number of aromatic nitrogens is 2. The first-order valence-electron chi connectivity index (χ1n) is 9.47. The molecule has 29 heavy (non-hydrogen) atoms. The van der Waals surface area contributed by atoms with Crippen molar-refractivity contribution in [3.05, 3.63) is 89.5 Å². The second kappa shape index (κ2) is 8.56. The minimum atomic E-state index is -0.0271. The zero-order valence-corrected chi connectivity index (χ0v) is 16.1. The summed E-state index contributed by atoms with van der Waals surface area (Å²) < 4.78 is 10.6. The molecule has 6 nitrogen and oxygen atoms in total. The van der Waals surface area contributed by atoms with Gasteiger partial charge in [0.1, 0.15) is 0 Å². The van der Waals surface area contributed by atoms with Gasteiger partial charge in [-0.25, -0.2) is 0 Å². The van der Waals surface area contributed by atoms with E-state index in [1.807, 2.05) is 36.4 Å². The largest absolute Gasteiger partial charge is 0.461 e. The van der Waals surface area contributed by atoms with Gasteiger partial charge in [0.25, 0.3) is 0 Å². The molecule has 1 N–H and O–H groups in total. The molecule has 2 heterocycles. The highest BCUT2D eigenvalue weighted by Crippen LogP contribution is 2.21. The molecule has 0 saturated heterocycles. The van der Waals surface area contributed by atoms with Crippen LogP contribution in [0.5, 0.6) is 0 Å². The number of para-hydroxylation sites is 1. The highest BCUT2D eigenvalue weighted by Gasteiger charge is 2.14. The molecule has 1 amide bonds. The van der Waals surface area contributed by atoms with Gasteiger partial charge >= 0.3 is 0 Å². The monoisotopic (exact) mass is 387 g/mol. The van der Waals surface area contributed by atoms with Gasteiger partial charge in [0.15, 0.2) is 5.76 Å². The molecule has 0 radical (unpaired) electrons. The summed E-state index contributed by atoms with van der Waals surface area (Å²) in [5.41, 5.74) is 4.01. The Bertz CT molecular complexity index is 1100. The number of aryl methyl sites for hydroxylation is 2. The first kappa shape index (κ1) is 18.7. The maximum Gasteiger partial charge on any atom is 0.238 e. The van der Waals surface area contributed by atoms with Crippen LogP contribution in [0.3, 0.4) is 0 Å². The first-order chi connectivity index (χ1) is 14.2. The van der Waals surface area contributed by atoms with Gasteiger partial charge in [-0.3, -0.25) is 4.79 Å². The van der Waals surface area contributed by atoms with Gasteiger partial charge in [-0.05, 0) is 42.7 Å². The van der Waals surface area contributed by atoms with Gasteiger partial charge in [-0.15, -0.1) is 0 Å². The maximum atomic E-state index is 12.5. The predicted molar refractivity (Wildman–Crippen MR) is 109 cm³/mol. The van der Waals surface area contributed by atoms with Crippen molar-refractivity contribution in [2.75, 3.05) is 5.32 Å². The number of carbonyl (C=O) groups excluding carboxylic acids is 1. The van der Waals surface area contributed by atoms with E-state index in [-0.39, 0.29) is 5.91 Å². The molecular formula is C23H21N3O3. The van der Waals surface area contributed by atoms with Gasteiger partial charge in [0.05, 0.1) is 12.7 Å². The fourth-order valence-corrected chi connectivity index (χ4v) is 3.13. The number of amides is 1. The average molecular weight is 387 g/mol. The quantitative estimate of drug-likeness (QED) is 0.493. The Morgan fingerprint density at radius 1 is 1.07 bits per heavy atom. The van der Waals surface area contributed by atoms with Crippen LogP contribution >= 0.6 is 0 Å². The minimum Gasteiger partial charge on any atom is -0.461 e. The number of hydrogen-bond donors (Lipinski definition) is 1. The number of furan rings is 1. The molecule has 0 unspecified atom stereocenters. The summed E-state index contributed by atoms with van der Waals surface area (Å²) >= 11 is 0. The van der Waals surface area contributed by atoms with Crippen molar-refractivity contribution in [2.45, 2.75) is 26.2 Å². The zero-order valence-electron chi connectivity index (χ0n) is 16.1. The Morgan fingerprint density at radius 2 is 1.97 bits per heavy atom. The van der Waals surface area contributed by atoms with Crippen LogP contribution in [0.2, 0.25) is 0 Å². The maximum absolute atomic E-state index is 12.5. The molecule has 0 atom stereocenters. The molecule has 0 bridgehead atoms. The van der Waals surface area contributed by atoms with Crippen LogP contribution in [-0.4, -0.2) is 16.0 Å². The van der Waals surface area contributed by atoms with Gasteiger partial charge in [0, 0.05) is 12.1 Å². The summed E-state index contributed by atoms with van der Waals surface area (Å²) in [7, 11) is 0. The third-order valence-corrected chi connectivity index (χ3v) is 4.57. The number of nitrogens with one attached hydrogen (secondary N) is 1. The first-order valence-corrected chi connectivity index (χ1v) is 9.47. The van der Waals surface area contributed by atoms with E-state index in [1.165, 1.54) is 5.56 Å². The van der Waals surface area contributed by atoms with Crippen molar-refractivity contribution in [3.8, 4) is 11.6 Å². The SMILES string of the molecule is Cc1cccc(CCC(=O)Nc2ccccc2Cc2nc(-c3ccco3)no2)c1. The lowest BCUT2D eigenvalue weighted by molar-refractivity contribution is -0.116. The van der Waals surface area contributed by atoms with E-state index < -0.39 is 0 Å². The molecule has 0 saturated carbocycles. The van der Waals surface area contributed by atoms with E-state index in [0.717, 1.165) is 16.8 Å². The van der Waals surface area contributed by atoms with Crippen molar-refractivity contribution >= 4 is 11.6 Å². The van der Waals surface area contributed by atoms with Crippen molar-refractivity contribution in [1.82, 2.24) is 10.1 Å². The Labute approximate surface area is 168 Å². The summed E-state index contributed by atoms with van der Waals surface area (Å²) in [5.74, 6) is 1.39. The number of anilines is 1. The second-order valence-corrected chi connectivity index (χ2v) is 6.86. The number of hydrogen-bond acceptors (Lipinski definition) is 5. The molecule has 0 fully saturated rings. The highest BCUT2D eigenvalue weighted by atomic mass is 16.5. The molecule has 6 heteroatoms. The molecule has 2 aromatic carbocycles. The zero-order chi connectivity index (χ0) is 20.1. The third-order valence-electron chi connectivity index (χ3n) is 4.57. The van der Waals surface area contributed by atoms with Gasteiger partial charge in [-0.2, -0.15) is 4.98 Å². The topological polar surface area (TPSA) is 81.2 Å². The van der Waals surface area contributed by atoms with E-state index in [2.05, 4.69) is 34.5 Å². The van der Waals surface area contributed by atoms with Crippen LogP contribution in [0.15, 0.2) is 75.9 Å². The fraction of sp³-hybridized carbons (Fsp3) is 0.174. The highest BCUT2D eigenvalue weighted by molar-refractivity contribution is 5.91. The lowest BCUT2D eigenvalue weighted by Gasteiger charge is -2.10. The molecular weight excluding hydrogens is 366 g/mol. The normalized spacial score (nSPS) is 10.8. The molecule has 4 rings (SSSR count). The van der Waals surface area contributed by atoms with Crippen LogP contribution in [-0.2, 0) is 17.6 Å². The summed E-state index contributed by atoms with van der Waals surface area (Å²) in [6.45, 7) is 2.05. The molecule has 146 valence electrons. The fourth-order valence-electron chi connectivity index (χ4n) is 3.13. The molecule has 0 aliphatic rings. The van der Waals surface area contributed by atoms with E-state index in [9.17, 15) is 4.79 Å². The van der Waals surface area contributed by atoms with Crippen molar-refractivity contribution in [3.63, 3.8) is 0 Å². The van der Waals surface area contributed by atoms with Gasteiger partial charge in [-0.1, -0.05) is 53.2 Å². The van der Waals surface area contributed by atoms with Crippen LogP contribution in [0, 0.1) is 6.92 Å². The smallest absolute Gasteiger partial charge is 0.238 e. The Kier molecular flexibility index (Phi) is 5.52. The summed E-state index contributed by atoms with van der Waals surface area (Å²) in [6, 6.07) is 19.4. The lowest BCUT2D eigenvalue weighted by Crippen LogP contribution is -2.14. The summed E-state index contributed by atoms with van der Waals surface area (Å²) in [5, 5.41) is 6.95. The standard InChI is InChI=1S/C23H21N3O3/c1-16-6-4-7-17(14-16)11-12-21(27)24-19-9-3-2-8-18(19)15-22-25-23(26-29-22)20-10-5-13-28-20/h2-10,13-14H,11-12,15H2,1H3,(H,24,27). The van der Waals surface area contributed by atoms with E-state index in [4.69, 9.17) is 8.94 Å². The molecule has 0 aliphatic heterocycles. The van der Waals surface area contributed by atoms with Crippen molar-refractivity contribution in [2.24, 2.45) is 0 Å². The second-order valence-electron chi connectivity index (χ2n) is 6.86. The van der Waals surface area contributed by atoms with Crippen LogP contribution < -0.4 is 5.32 Å². The molecule has 2 aromatic heterocycles. The van der Waals surface area contributed by atoms with Crippen molar-refractivity contribution in [1.29, 1.82) is 0 Å². The number of nitrogens with zero attached hydrogens (tertiary/aromatic N) is 2. The van der Waals surface area contributed by atoms with Crippen molar-refractivity contribution < 1.29 is 13.7 Å². The molecule has 4 aromatic rings. The average Bonchev–Trinajstić information content (AvgIpc) is 3.40. The Hall–Kier alpha value is -3.67. The molecule has 0 aliphatic carbocycles. The van der Waals surface area contributed by atoms with E-state index in [1.54, 1.807) is 18.4 Å². The predicted octanol–water partition coefficient (Wildman–Crippen LogP) is 4.80. The number of benzene rings is 2. The van der Waals surface area contributed by atoms with E-state index in [0.29, 0.717) is 36.7 Å². The van der Waals surface area contributed by atoms with Crippen LogP contribution in [0.25, 0.3) is 11.6 Å². The number of carbonyl (C=O) groups is 1. The third kappa shape index (κ3) is 4.79. The summed E-state index contributed by atoms with van der Waals surface area (Å²) in [4.78, 5) is 16.8. The minimum absolute atomic E-state index is 0.0271. The number of rotatable bonds is 7. The van der Waals surface area contributed by atoms with Gasteiger partial charge < -0.3 is 14.3 Å². The van der Waals surface area contributed by atoms with Gasteiger partial charge in [0.2, 0.25) is 17.6 Å².